The van der Waals surface area contributed by atoms with E-state index in [1.807, 2.05) is 13.0 Å². The second-order valence-electron chi connectivity index (χ2n) is 4.11. The van der Waals surface area contributed by atoms with Crippen LogP contribution >= 0.6 is 39.1 Å². The van der Waals surface area contributed by atoms with Gasteiger partial charge >= 0.3 is 0 Å². The van der Waals surface area contributed by atoms with Gasteiger partial charge in [0.1, 0.15) is 0 Å². The summed E-state index contributed by atoms with van der Waals surface area (Å²) in [6.45, 7) is 6.93. The monoisotopic (exact) mass is 346 g/mol. The van der Waals surface area contributed by atoms with Gasteiger partial charge in [-0.25, -0.2) is 0 Å². The maximum Gasteiger partial charge on any atom is 0.0928 e. The molecule has 0 amide bonds. The van der Waals surface area contributed by atoms with Gasteiger partial charge in [-0.05, 0) is 48.3 Å². The Kier molecular flexibility index (Phi) is 4.05. The van der Waals surface area contributed by atoms with Gasteiger partial charge in [0.25, 0.3) is 0 Å². The van der Waals surface area contributed by atoms with Gasteiger partial charge in [0.15, 0.2) is 0 Å². The van der Waals surface area contributed by atoms with Gasteiger partial charge in [-0.1, -0.05) is 23.2 Å². The van der Waals surface area contributed by atoms with Crippen LogP contribution in [0.15, 0.2) is 10.5 Å². The van der Waals surface area contributed by atoms with Crippen molar-refractivity contribution in [3.8, 4) is 0 Å². The predicted octanol–water partition coefficient (Wildman–Crippen LogP) is 5.35. The van der Waals surface area contributed by atoms with E-state index in [1.54, 1.807) is 0 Å². The summed E-state index contributed by atoms with van der Waals surface area (Å²) >= 11 is 15.8. The minimum Gasteiger partial charge on any atom is -0.385 e. The molecule has 1 heterocycles. The van der Waals surface area contributed by atoms with Crippen molar-refractivity contribution in [3.05, 3.63) is 31.8 Å². The first-order chi connectivity index (χ1) is 8.47. The number of nitrogens with one attached hydrogen (secondary N) is 1. The number of hydrogen-bond acceptors (Lipinski definition) is 2. The van der Waals surface area contributed by atoms with Crippen LogP contribution < -0.4 is 5.32 Å². The van der Waals surface area contributed by atoms with Gasteiger partial charge in [0, 0.05) is 27.8 Å². The zero-order chi connectivity index (χ0) is 13.4. The standard InChI is InChI=1S/C13H13BrCl2N2/c1-4-17-12-6(2)7(3)18-13-8(12)5-9(14)10(15)11(13)16/h5H,4H2,1-3H3,(H,17,18). The highest BCUT2D eigenvalue weighted by atomic mass is 79.9. The minimum absolute atomic E-state index is 0.489. The summed E-state index contributed by atoms with van der Waals surface area (Å²) in [5.41, 5.74) is 3.90. The Hall–Kier alpha value is -0.510. The first-order valence-corrected chi connectivity index (χ1v) is 7.20. The van der Waals surface area contributed by atoms with Crippen molar-refractivity contribution in [2.24, 2.45) is 0 Å². The quantitative estimate of drug-likeness (QED) is 0.740. The number of pyridine rings is 1. The van der Waals surface area contributed by atoms with Crippen molar-refractivity contribution in [2.45, 2.75) is 20.8 Å². The molecule has 0 fully saturated rings. The molecule has 0 saturated heterocycles. The Morgan fingerprint density at radius 3 is 2.56 bits per heavy atom. The van der Waals surface area contributed by atoms with Crippen molar-refractivity contribution in [1.82, 2.24) is 4.98 Å². The van der Waals surface area contributed by atoms with E-state index in [4.69, 9.17) is 23.2 Å². The molecule has 0 aliphatic carbocycles. The average Bonchev–Trinajstić information content (AvgIpc) is 2.34. The third kappa shape index (κ3) is 2.20. The molecule has 1 N–H and O–H groups in total. The van der Waals surface area contributed by atoms with Gasteiger partial charge in [0.05, 0.1) is 15.6 Å². The summed E-state index contributed by atoms with van der Waals surface area (Å²) in [5, 5.41) is 5.35. The molecule has 0 aliphatic rings. The van der Waals surface area contributed by atoms with Gasteiger partial charge < -0.3 is 5.32 Å². The van der Waals surface area contributed by atoms with E-state index in [-0.39, 0.29) is 0 Å². The summed E-state index contributed by atoms with van der Waals surface area (Å²) in [7, 11) is 0. The molecular formula is C13H13BrCl2N2. The lowest BCUT2D eigenvalue weighted by Crippen LogP contribution is -2.03. The molecular weight excluding hydrogens is 335 g/mol. The Morgan fingerprint density at radius 2 is 1.94 bits per heavy atom. The molecule has 0 saturated carbocycles. The SMILES string of the molecule is CCNc1c(C)c(C)nc2c(Cl)c(Cl)c(Br)cc12. The fourth-order valence-electron chi connectivity index (χ4n) is 1.92. The van der Waals surface area contributed by atoms with Crippen LogP contribution in [0.1, 0.15) is 18.2 Å². The van der Waals surface area contributed by atoms with E-state index in [1.165, 1.54) is 0 Å². The van der Waals surface area contributed by atoms with Gasteiger partial charge in [-0.15, -0.1) is 0 Å². The second kappa shape index (κ2) is 5.24. The molecule has 1 aromatic heterocycles. The normalized spacial score (nSPS) is 11.0. The van der Waals surface area contributed by atoms with Crippen molar-refractivity contribution in [3.63, 3.8) is 0 Å². The summed E-state index contributed by atoms with van der Waals surface area (Å²) in [6.07, 6.45) is 0. The van der Waals surface area contributed by atoms with E-state index in [0.717, 1.165) is 38.9 Å². The molecule has 2 aromatic rings. The number of rotatable bonds is 2. The zero-order valence-electron chi connectivity index (χ0n) is 10.4. The van der Waals surface area contributed by atoms with Crippen molar-refractivity contribution in [2.75, 3.05) is 11.9 Å². The van der Waals surface area contributed by atoms with E-state index in [0.29, 0.717) is 10.0 Å². The first kappa shape index (κ1) is 13.9. The zero-order valence-corrected chi connectivity index (χ0v) is 13.5. The largest absolute Gasteiger partial charge is 0.385 e. The number of fused-ring (bicyclic) bond motifs is 1. The maximum atomic E-state index is 6.28. The molecule has 0 spiro atoms. The van der Waals surface area contributed by atoms with E-state index in [9.17, 15) is 0 Å². The number of hydrogen-bond donors (Lipinski definition) is 1. The number of nitrogens with zero attached hydrogens (tertiary/aromatic N) is 1. The number of benzene rings is 1. The highest BCUT2D eigenvalue weighted by molar-refractivity contribution is 9.10. The second-order valence-corrected chi connectivity index (χ2v) is 5.72. The third-order valence-electron chi connectivity index (χ3n) is 2.96. The molecule has 18 heavy (non-hydrogen) atoms. The maximum absolute atomic E-state index is 6.28. The van der Waals surface area contributed by atoms with Crippen molar-refractivity contribution in [1.29, 1.82) is 0 Å². The summed E-state index contributed by atoms with van der Waals surface area (Å²) in [5.74, 6) is 0. The molecule has 5 heteroatoms. The summed E-state index contributed by atoms with van der Waals surface area (Å²) in [6, 6.07) is 1.96. The van der Waals surface area contributed by atoms with Crippen LogP contribution in [0.4, 0.5) is 5.69 Å². The fourth-order valence-corrected chi connectivity index (χ4v) is 2.86. The molecule has 0 bridgehead atoms. The first-order valence-electron chi connectivity index (χ1n) is 5.65. The van der Waals surface area contributed by atoms with Gasteiger partial charge in [-0.3, -0.25) is 4.98 Å². The number of aromatic nitrogens is 1. The Morgan fingerprint density at radius 1 is 1.28 bits per heavy atom. The lowest BCUT2D eigenvalue weighted by molar-refractivity contribution is 1.15. The Balaban J connectivity index is 2.92. The third-order valence-corrected chi connectivity index (χ3v) is 4.67. The molecule has 0 aliphatic heterocycles. The Bertz CT molecular complexity index is 626. The number of halogens is 3. The highest BCUT2D eigenvalue weighted by Gasteiger charge is 2.15. The van der Waals surface area contributed by atoms with Gasteiger partial charge in [-0.2, -0.15) is 0 Å². The molecule has 2 rings (SSSR count). The molecule has 0 atom stereocenters. The average molecular weight is 348 g/mol. The van der Waals surface area contributed by atoms with Crippen LogP contribution in [0, 0.1) is 13.8 Å². The van der Waals surface area contributed by atoms with Crippen LogP contribution in [0.5, 0.6) is 0 Å². The van der Waals surface area contributed by atoms with Crippen molar-refractivity contribution >= 4 is 55.7 Å². The molecule has 1 aromatic carbocycles. The topological polar surface area (TPSA) is 24.9 Å². The van der Waals surface area contributed by atoms with Crippen molar-refractivity contribution < 1.29 is 0 Å². The van der Waals surface area contributed by atoms with Crippen LogP contribution in [-0.4, -0.2) is 11.5 Å². The smallest absolute Gasteiger partial charge is 0.0928 e. The minimum atomic E-state index is 0.489. The number of anilines is 1. The fraction of sp³-hybridized carbons (Fsp3) is 0.308. The number of aryl methyl sites for hydroxylation is 1. The predicted molar refractivity (Wildman–Crippen MR) is 83.1 cm³/mol. The lowest BCUT2D eigenvalue weighted by atomic mass is 10.1. The van der Waals surface area contributed by atoms with Crippen LogP contribution in [0.25, 0.3) is 10.9 Å². The van der Waals surface area contributed by atoms with Crippen LogP contribution in [0.2, 0.25) is 10.0 Å². The summed E-state index contributed by atoms with van der Waals surface area (Å²) < 4.78 is 0.783. The van der Waals surface area contributed by atoms with E-state index in [2.05, 4.69) is 40.1 Å². The summed E-state index contributed by atoms with van der Waals surface area (Å²) in [4.78, 5) is 4.54. The molecule has 0 unspecified atom stereocenters. The molecule has 0 radical (unpaired) electrons. The van der Waals surface area contributed by atoms with E-state index < -0.39 is 0 Å². The Labute approximate surface area is 125 Å². The van der Waals surface area contributed by atoms with Crippen LogP contribution in [0.3, 0.4) is 0 Å². The molecule has 2 nitrogen and oxygen atoms in total. The van der Waals surface area contributed by atoms with E-state index >= 15 is 0 Å². The lowest BCUT2D eigenvalue weighted by Gasteiger charge is -2.15. The highest BCUT2D eigenvalue weighted by Crippen LogP contribution is 2.40. The van der Waals surface area contributed by atoms with Crippen LogP contribution in [-0.2, 0) is 0 Å². The molecule has 96 valence electrons. The van der Waals surface area contributed by atoms with Gasteiger partial charge in [0.2, 0.25) is 0 Å².